The van der Waals surface area contributed by atoms with Gasteiger partial charge in [-0.05, 0) is 33.6 Å². The first-order chi connectivity index (χ1) is 10.1. The van der Waals surface area contributed by atoms with Gasteiger partial charge in [-0.2, -0.15) is 13.2 Å². The lowest BCUT2D eigenvalue weighted by Gasteiger charge is -2.31. The predicted octanol–water partition coefficient (Wildman–Crippen LogP) is 3.11. The molecule has 1 aliphatic heterocycles. The van der Waals surface area contributed by atoms with Crippen LogP contribution >= 0.6 is 0 Å². The van der Waals surface area contributed by atoms with Gasteiger partial charge in [0.25, 0.3) is 0 Å². The molecule has 8 heteroatoms. The highest BCUT2D eigenvalue weighted by molar-refractivity contribution is 5.75. The van der Waals surface area contributed by atoms with Crippen molar-refractivity contribution in [1.29, 1.82) is 0 Å². The summed E-state index contributed by atoms with van der Waals surface area (Å²) in [5.74, 6) is -0.0573. The van der Waals surface area contributed by atoms with Gasteiger partial charge in [0.15, 0.2) is 5.69 Å². The monoisotopic (exact) mass is 319 g/mol. The zero-order valence-electron chi connectivity index (χ0n) is 12.8. The minimum atomic E-state index is -4.43. The molecule has 1 N–H and O–H groups in total. The van der Waals surface area contributed by atoms with Gasteiger partial charge in [0.05, 0.1) is 5.41 Å². The van der Waals surface area contributed by atoms with Crippen molar-refractivity contribution in [2.75, 3.05) is 13.1 Å². The van der Waals surface area contributed by atoms with Crippen molar-refractivity contribution in [3.8, 4) is 0 Å². The zero-order valence-corrected chi connectivity index (χ0v) is 12.8. The number of hydrogen-bond acceptors (Lipinski definition) is 4. The average Bonchev–Trinajstić information content (AvgIpc) is 2.88. The van der Waals surface area contributed by atoms with E-state index in [0.717, 1.165) is 6.20 Å². The Kier molecular flexibility index (Phi) is 4.51. The molecule has 1 aliphatic rings. The molecule has 1 aromatic heterocycles. The highest BCUT2D eigenvalue weighted by atomic mass is 19.4. The molecule has 5 nitrogen and oxygen atoms in total. The van der Waals surface area contributed by atoms with Gasteiger partial charge in [-0.15, -0.1) is 5.06 Å². The van der Waals surface area contributed by atoms with Crippen molar-refractivity contribution in [1.82, 2.24) is 15.0 Å². The third kappa shape index (κ3) is 4.00. The van der Waals surface area contributed by atoms with E-state index in [4.69, 9.17) is 4.84 Å². The number of nitrogens with one attached hydrogen (secondary N) is 1. The molecule has 0 radical (unpaired) electrons. The summed E-state index contributed by atoms with van der Waals surface area (Å²) in [6, 6.07) is 0. The molecule has 0 saturated carbocycles. The molecule has 0 spiro atoms. The Morgan fingerprint density at radius 1 is 1.32 bits per heavy atom. The standard InChI is InChI=1S/C14H20F3N3O2/c1-13(2,3)12(21)22-20-6-4-9(5-7-20)11-18-8-10(19-11)14(15,16)17/h8-9H,4-7H2,1-3H3,(H,18,19). The smallest absolute Gasteiger partial charge is 0.367 e. The number of piperidine rings is 1. The summed E-state index contributed by atoms with van der Waals surface area (Å²) in [6.45, 7) is 6.26. The number of halogens is 3. The van der Waals surface area contributed by atoms with E-state index in [1.807, 2.05) is 0 Å². The lowest BCUT2D eigenvalue weighted by Crippen LogP contribution is -2.38. The largest absolute Gasteiger partial charge is 0.434 e. The van der Waals surface area contributed by atoms with E-state index in [9.17, 15) is 18.0 Å². The lowest BCUT2D eigenvalue weighted by molar-refractivity contribution is -0.204. The van der Waals surface area contributed by atoms with Crippen LogP contribution in [0, 0.1) is 5.41 Å². The summed E-state index contributed by atoms with van der Waals surface area (Å²) in [6.07, 6.45) is -2.37. The molecule has 124 valence electrons. The summed E-state index contributed by atoms with van der Waals surface area (Å²) in [5.41, 5.74) is -1.48. The van der Waals surface area contributed by atoms with Crippen LogP contribution in [0.5, 0.6) is 0 Å². The maximum Gasteiger partial charge on any atom is 0.434 e. The Morgan fingerprint density at radius 3 is 2.36 bits per heavy atom. The van der Waals surface area contributed by atoms with Gasteiger partial charge in [0.2, 0.25) is 0 Å². The first-order valence-corrected chi connectivity index (χ1v) is 7.17. The van der Waals surface area contributed by atoms with Crippen molar-refractivity contribution in [3.63, 3.8) is 0 Å². The molecule has 0 aromatic carbocycles. The quantitative estimate of drug-likeness (QED) is 0.910. The topological polar surface area (TPSA) is 58.2 Å². The number of alkyl halides is 3. The molecular weight excluding hydrogens is 299 g/mol. The Morgan fingerprint density at radius 2 is 1.91 bits per heavy atom. The molecular formula is C14H20F3N3O2. The summed E-state index contributed by atoms with van der Waals surface area (Å²) in [7, 11) is 0. The van der Waals surface area contributed by atoms with E-state index in [1.54, 1.807) is 25.8 Å². The molecule has 22 heavy (non-hydrogen) atoms. The highest BCUT2D eigenvalue weighted by Crippen LogP contribution is 2.31. The van der Waals surface area contributed by atoms with Crippen molar-refractivity contribution in [3.05, 3.63) is 17.7 Å². The van der Waals surface area contributed by atoms with E-state index < -0.39 is 17.3 Å². The van der Waals surface area contributed by atoms with E-state index >= 15 is 0 Å². The van der Waals surface area contributed by atoms with Crippen molar-refractivity contribution in [2.24, 2.45) is 5.41 Å². The molecule has 2 heterocycles. The van der Waals surface area contributed by atoms with Crippen LogP contribution in [0.25, 0.3) is 0 Å². The molecule has 1 saturated heterocycles. The minimum Gasteiger partial charge on any atom is -0.367 e. The maximum absolute atomic E-state index is 12.5. The number of hydroxylamine groups is 2. The van der Waals surface area contributed by atoms with Crippen LogP contribution in [0.2, 0.25) is 0 Å². The number of rotatable bonds is 2. The fraction of sp³-hybridized carbons (Fsp3) is 0.714. The van der Waals surface area contributed by atoms with Gasteiger partial charge in [-0.3, -0.25) is 0 Å². The summed E-state index contributed by atoms with van der Waals surface area (Å²) in [4.78, 5) is 23.3. The maximum atomic E-state index is 12.5. The van der Waals surface area contributed by atoms with Crippen LogP contribution in [0.3, 0.4) is 0 Å². The fourth-order valence-electron chi connectivity index (χ4n) is 2.17. The number of H-pyrrole nitrogens is 1. The number of nitrogens with zero attached hydrogens (tertiary/aromatic N) is 2. The number of aromatic nitrogens is 2. The summed E-state index contributed by atoms with van der Waals surface area (Å²) < 4.78 is 37.6. The average molecular weight is 319 g/mol. The second kappa shape index (κ2) is 5.91. The molecule has 0 unspecified atom stereocenters. The van der Waals surface area contributed by atoms with Crippen LogP contribution in [-0.2, 0) is 15.8 Å². The van der Waals surface area contributed by atoms with Crippen molar-refractivity contribution < 1.29 is 22.8 Å². The van der Waals surface area contributed by atoms with Crippen LogP contribution in [0.1, 0.15) is 51.0 Å². The lowest BCUT2D eigenvalue weighted by atomic mass is 9.96. The Hall–Kier alpha value is -1.57. The van der Waals surface area contributed by atoms with Crippen LogP contribution < -0.4 is 0 Å². The van der Waals surface area contributed by atoms with Crippen LogP contribution in [-0.4, -0.2) is 34.1 Å². The van der Waals surface area contributed by atoms with Crippen LogP contribution in [0.4, 0.5) is 13.2 Å². The number of carbonyl (C=O) groups excluding carboxylic acids is 1. The zero-order chi connectivity index (χ0) is 16.5. The molecule has 0 aliphatic carbocycles. The third-order valence-corrected chi connectivity index (χ3v) is 3.55. The van der Waals surface area contributed by atoms with Crippen LogP contribution in [0.15, 0.2) is 6.20 Å². The summed E-state index contributed by atoms with van der Waals surface area (Å²) in [5, 5.41) is 1.57. The Balaban J connectivity index is 1.90. The number of aromatic amines is 1. The number of carbonyl (C=O) groups is 1. The van der Waals surface area contributed by atoms with Gasteiger partial charge in [0, 0.05) is 25.2 Å². The van der Waals surface area contributed by atoms with E-state index in [2.05, 4.69) is 9.97 Å². The van der Waals surface area contributed by atoms with Crippen molar-refractivity contribution >= 4 is 5.97 Å². The fourth-order valence-corrected chi connectivity index (χ4v) is 2.17. The molecule has 2 rings (SSSR count). The molecule has 0 bridgehead atoms. The molecule has 0 atom stereocenters. The first-order valence-electron chi connectivity index (χ1n) is 7.17. The van der Waals surface area contributed by atoms with Gasteiger partial charge >= 0.3 is 12.1 Å². The Labute approximate surface area is 126 Å². The normalized spacial score (nSPS) is 18.5. The second-order valence-corrected chi connectivity index (χ2v) is 6.50. The van der Waals surface area contributed by atoms with Gasteiger partial charge in [-0.1, -0.05) is 0 Å². The molecule has 1 fully saturated rings. The molecule has 1 aromatic rings. The third-order valence-electron chi connectivity index (χ3n) is 3.55. The first kappa shape index (κ1) is 16.8. The van der Waals surface area contributed by atoms with Gasteiger partial charge in [0.1, 0.15) is 5.82 Å². The SMILES string of the molecule is CC(C)(C)C(=O)ON1CCC(c2nc(C(F)(F)F)c[nH]2)CC1. The summed E-state index contributed by atoms with van der Waals surface area (Å²) >= 11 is 0. The number of imidazole rings is 1. The highest BCUT2D eigenvalue weighted by Gasteiger charge is 2.35. The minimum absolute atomic E-state index is 0.0827. The van der Waals surface area contributed by atoms with E-state index in [-0.39, 0.29) is 11.9 Å². The van der Waals surface area contributed by atoms with Gasteiger partial charge in [-0.25, -0.2) is 9.78 Å². The van der Waals surface area contributed by atoms with E-state index in [1.165, 1.54) is 0 Å². The number of hydrogen-bond donors (Lipinski definition) is 1. The van der Waals surface area contributed by atoms with E-state index in [0.29, 0.717) is 31.8 Å². The second-order valence-electron chi connectivity index (χ2n) is 6.50. The Bertz CT molecular complexity index is 526. The molecule has 0 amide bonds. The predicted molar refractivity (Wildman–Crippen MR) is 72.7 cm³/mol. The van der Waals surface area contributed by atoms with Gasteiger partial charge < -0.3 is 9.82 Å². The van der Waals surface area contributed by atoms with Crippen molar-refractivity contribution in [2.45, 2.75) is 45.7 Å².